The van der Waals surface area contributed by atoms with Crippen LogP contribution in [0.4, 0.5) is 0 Å². The van der Waals surface area contributed by atoms with E-state index in [1.165, 1.54) is 0 Å². The molecular formula is C21H26N2O4. The van der Waals surface area contributed by atoms with E-state index in [1.54, 1.807) is 11.0 Å². The lowest BCUT2D eigenvalue weighted by atomic mass is 9.99. The van der Waals surface area contributed by atoms with Gasteiger partial charge < -0.3 is 20.5 Å². The summed E-state index contributed by atoms with van der Waals surface area (Å²) >= 11 is 0. The van der Waals surface area contributed by atoms with Crippen LogP contribution in [-0.4, -0.2) is 53.7 Å². The van der Waals surface area contributed by atoms with Crippen LogP contribution < -0.4 is 5.73 Å². The minimum Gasteiger partial charge on any atom is -0.389 e. The summed E-state index contributed by atoms with van der Waals surface area (Å²) in [5.74, 6) is 5.19. The van der Waals surface area contributed by atoms with Crippen LogP contribution in [0.5, 0.6) is 0 Å². The van der Waals surface area contributed by atoms with Crippen molar-refractivity contribution in [1.82, 2.24) is 4.90 Å². The second kappa shape index (κ2) is 11.2. The second-order valence-corrected chi connectivity index (χ2v) is 6.44. The number of hydrogen-bond donors (Lipinski definition) is 2. The van der Waals surface area contributed by atoms with Crippen molar-refractivity contribution in [2.75, 3.05) is 19.8 Å². The number of nitrogens with two attached hydrogens (primary N) is 1. The van der Waals surface area contributed by atoms with E-state index in [4.69, 9.17) is 10.5 Å². The average molecular weight is 370 g/mol. The van der Waals surface area contributed by atoms with Crippen LogP contribution in [0.1, 0.15) is 24.8 Å². The number of carbonyl (C=O) groups is 2. The molecule has 0 radical (unpaired) electrons. The van der Waals surface area contributed by atoms with Crippen molar-refractivity contribution < 1.29 is 19.4 Å². The minimum atomic E-state index is -0.598. The van der Waals surface area contributed by atoms with Gasteiger partial charge in [0, 0.05) is 12.8 Å². The van der Waals surface area contributed by atoms with Crippen LogP contribution in [0, 0.1) is 11.8 Å². The Hall–Kier alpha value is -2.62. The smallest absolute Gasteiger partial charge is 0.243 e. The lowest BCUT2D eigenvalue weighted by molar-refractivity contribution is -0.134. The number of nitrogens with zero attached hydrogens (tertiary/aromatic N) is 1. The number of ether oxygens (including phenoxy) is 1. The van der Waals surface area contributed by atoms with E-state index in [0.717, 1.165) is 18.4 Å². The van der Waals surface area contributed by atoms with Crippen molar-refractivity contribution in [3.8, 4) is 11.8 Å². The zero-order chi connectivity index (χ0) is 19.5. The Morgan fingerprint density at radius 1 is 1.37 bits per heavy atom. The fourth-order valence-corrected chi connectivity index (χ4v) is 2.93. The van der Waals surface area contributed by atoms with E-state index in [9.17, 15) is 14.7 Å². The third-order valence-electron chi connectivity index (χ3n) is 4.25. The molecule has 1 aliphatic rings. The van der Waals surface area contributed by atoms with E-state index in [-0.39, 0.29) is 25.2 Å². The van der Waals surface area contributed by atoms with Crippen molar-refractivity contribution in [2.24, 2.45) is 5.73 Å². The molecule has 2 atom stereocenters. The van der Waals surface area contributed by atoms with Crippen LogP contribution >= 0.6 is 0 Å². The van der Waals surface area contributed by atoms with Crippen molar-refractivity contribution in [2.45, 2.75) is 37.8 Å². The first-order valence-corrected chi connectivity index (χ1v) is 9.08. The maximum absolute atomic E-state index is 12.2. The molecule has 144 valence electrons. The summed E-state index contributed by atoms with van der Waals surface area (Å²) in [7, 11) is 0. The largest absolute Gasteiger partial charge is 0.389 e. The molecule has 2 rings (SSSR count). The monoisotopic (exact) mass is 370 g/mol. The summed E-state index contributed by atoms with van der Waals surface area (Å²) in [6.45, 7) is 0.228. The van der Waals surface area contributed by atoms with Crippen LogP contribution in [0.25, 0.3) is 0 Å². The standard InChI is InChI=1S/C21H26N2O4/c22-20(25)16-27-14-5-4-13-23-18(9-6-10-21(23)26)11-12-19(24)15-17-7-2-1-3-8-17/h1-3,7-8,11-12,18-19,24H,6,9-10,13-16H2,(H2,22,25)/b12-11+/t18-,19?/m1/s1. The fourth-order valence-electron chi connectivity index (χ4n) is 2.93. The molecule has 1 fully saturated rings. The predicted molar refractivity (Wildman–Crippen MR) is 102 cm³/mol. The molecule has 2 amide bonds. The molecule has 3 N–H and O–H groups in total. The van der Waals surface area contributed by atoms with Crippen molar-refractivity contribution >= 4 is 11.8 Å². The minimum absolute atomic E-state index is 0.0563. The maximum Gasteiger partial charge on any atom is 0.243 e. The Kier molecular flexibility index (Phi) is 8.56. The molecule has 1 unspecified atom stereocenters. The first kappa shape index (κ1) is 20.7. The molecule has 0 aliphatic carbocycles. The highest BCUT2D eigenvalue weighted by atomic mass is 16.5. The number of likely N-dealkylation sites (tertiary alicyclic amines) is 1. The lowest BCUT2D eigenvalue weighted by Crippen LogP contribution is -2.42. The van der Waals surface area contributed by atoms with Gasteiger partial charge in [-0.1, -0.05) is 54.3 Å². The molecule has 1 aromatic carbocycles. The number of rotatable bonds is 8. The van der Waals surface area contributed by atoms with Crippen LogP contribution in [0.2, 0.25) is 0 Å². The highest BCUT2D eigenvalue weighted by Crippen LogP contribution is 2.19. The van der Waals surface area contributed by atoms with Crippen LogP contribution in [0.3, 0.4) is 0 Å². The second-order valence-electron chi connectivity index (χ2n) is 6.44. The molecule has 27 heavy (non-hydrogen) atoms. The summed E-state index contributed by atoms with van der Waals surface area (Å²) in [5.41, 5.74) is 6.04. The quantitative estimate of drug-likeness (QED) is 0.406. The molecule has 1 aromatic rings. The Morgan fingerprint density at radius 3 is 2.89 bits per heavy atom. The normalized spacial score (nSPS) is 18.2. The number of aliphatic hydroxyl groups excluding tert-OH is 1. The molecule has 1 heterocycles. The summed E-state index contributed by atoms with van der Waals surface area (Å²) in [4.78, 5) is 24.5. The van der Waals surface area contributed by atoms with Gasteiger partial charge in [0.05, 0.1) is 18.7 Å². The summed E-state index contributed by atoms with van der Waals surface area (Å²) in [5, 5.41) is 10.2. The molecule has 1 saturated heterocycles. The first-order valence-electron chi connectivity index (χ1n) is 9.08. The molecule has 1 aliphatic heterocycles. The molecule has 6 heteroatoms. The molecule has 6 nitrogen and oxygen atoms in total. The fraction of sp³-hybridized carbons (Fsp3) is 0.429. The van der Waals surface area contributed by atoms with Crippen molar-refractivity contribution in [1.29, 1.82) is 0 Å². The van der Waals surface area contributed by atoms with E-state index >= 15 is 0 Å². The average Bonchev–Trinajstić information content (AvgIpc) is 2.65. The molecular weight excluding hydrogens is 344 g/mol. The summed E-state index contributed by atoms with van der Waals surface area (Å²) in [6, 6.07) is 9.71. The van der Waals surface area contributed by atoms with Crippen molar-refractivity contribution in [3.63, 3.8) is 0 Å². The molecule has 0 saturated carbocycles. The molecule has 0 bridgehead atoms. The predicted octanol–water partition coefficient (Wildman–Crippen LogP) is 1.03. The van der Waals surface area contributed by atoms with Gasteiger partial charge >= 0.3 is 0 Å². The zero-order valence-corrected chi connectivity index (χ0v) is 15.3. The van der Waals surface area contributed by atoms with E-state index in [2.05, 4.69) is 11.8 Å². The third kappa shape index (κ3) is 7.65. The first-order chi connectivity index (χ1) is 13.1. The molecule has 0 aromatic heterocycles. The van der Waals surface area contributed by atoms with Gasteiger partial charge in [-0.15, -0.1) is 0 Å². The van der Waals surface area contributed by atoms with Crippen molar-refractivity contribution in [3.05, 3.63) is 48.0 Å². The lowest BCUT2D eigenvalue weighted by Gasteiger charge is -2.32. The third-order valence-corrected chi connectivity index (χ3v) is 4.25. The van der Waals surface area contributed by atoms with Gasteiger partial charge in [-0.2, -0.15) is 0 Å². The Bertz CT molecular complexity index is 706. The number of carbonyl (C=O) groups excluding carboxylic acids is 2. The SMILES string of the molecule is NC(=O)COCC#CCN1C(=O)CCC[C@@H]1/C=C/C(O)Cc1ccccc1. The Balaban J connectivity index is 1.87. The van der Waals surface area contributed by atoms with Gasteiger partial charge in [0.15, 0.2) is 0 Å². The summed E-state index contributed by atoms with van der Waals surface area (Å²) < 4.78 is 4.98. The topological polar surface area (TPSA) is 92.9 Å². The van der Waals surface area contributed by atoms with Gasteiger partial charge in [-0.25, -0.2) is 0 Å². The van der Waals surface area contributed by atoms with E-state index < -0.39 is 12.0 Å². The number of primary amides is 1. The number of amides is 2. The highest BCUT2D eigenvalue weighted by molar-refractivity contribution is 5.78. The summed E-state index contributed by atoms with van der Waals surface area (Å²) in [6.07, 6.45) is 5.78. The maximum atomic E-state index is 12.2. The zero-order valence-electron chi connectivity index (χ0n) is 15.3. The van der Waals surface area contributed by atoms with Gasteiger partial charge in [0.1, 0.15) is 13.2 Å². The van der Waals surface area contributed by atoms with Crippen LogP contribution in [0.15, 0.2) is 42.5 Å². The highest BCUT2D eigenvalue weighted by Gasteiger charge is 2.25. The molecule has 0 spiro atoms. The number of hydrogen-bond acceptors (Lipinski definition) is 4. The van der Waals surface area contributed by atoms with Crippen LogP contribution in [-0.2, 0) is 20.7 Å². The van der Waals surface area contributed by atoms with Gasteiger partial charge in [-0.3, -0.25) is 9.59 Å². The Morgan fingerprint density at radius 2 is 2.15 bits per heavy atom. The number of aliphatic hydroxyl groups is 1. The van der Waals surface area contributed by atoms with Gasteiger partial charge in [-0.05, 0) is 18.4 Å². The number of benzene rings is 1. The number of piperidine rings is 1. The van der Waals surface area contributed by atoms with Gasteiger partial charge in [0.2, 0.25) is 11.8 Å². The van der Waals surface area contributed by atoms with Gasteiger partial charge in [0.25, 0.3) is 0 Å². The van der Waals surface area contributed by atoms with E-state index in [1.807, 2.05) is 36.4 Å². The van der Waals surface area contributed by atoms with E-state index in [0.29, 0.717) is 19.4 Å². The Labute approximate surface area is 160 Å².